The fourth-order valence-electron chi connectivity index (χ4n) is 4.17. The molecule has 0 saturated carbocycles. The molecule has 0 spiro atoms. The zero-order valence-electron chi connectivity index (χ0n) is 20.3. The van der Waals surface area contributed by atoms with Crippen LogP contribution in [0.4, 0.5) is 16.2 Å². The standard InChI is InChI=1S/C24H31N7O3/c1-15(2)34-18-8-6-7-17(13-18)26-24(33)27-23(32)19-14-25-22-20(16(3)28-30(22)5)21(19)31-11-9-29(4)10-12-31/h6-8,13-15H,9-12H2,1-5H3,(H2,26,27,32,33). The number of hydrogen-bond donors (Lipinski definition) is 2. The van der Waals surface area contributed by atoms with E-state index in [0.717, 1.165) is 42.9 Å². The predicted octanol–water partition coefficient (Wildman–Crippen LogP) is 2.78. The first kappa shape index (κ1) is 23.5. The molecule has 3 heterocycles. The number of ether oxygens (including phenoxy) is 1. The number of imide groups is 1. The number of hydrogen-bond acceptors (Lipinski definition) is 7. The first-order valence-electron chi connectivity index (χ1n) is 11.4. The monoisotopic (exact) mass is 465 g/mol. The molecule has 1 aliphatic rings. The van der Waals surface area contributed by atoms with Gasteiger partial charge in [-0.05, 0) is 40.0 Å². The largest absolute Gasteiger partial charge is 0.491 e. The van der Waals surface area contributed by atoms with Gasteiger partial charge in [-0.15, -0.1) is 0 Å². The molecule has 34 heavy (non-hydrogen) atoms. The quantitative estimate of drug-likeness (QED) is 0.597. The van der Waals surface area contributed by atoms with Gasteiger partial charge in [0.25, 0.3) is 5.91 Å². The second-order valence-electron chi connectivity index (χ2n) is 8.82. The molecule has 1 saturated heterocycles. The lowest BCUT2D eigenvalue weighted by Crippen LogP contribution is -2.45. The lowest BCUT2D eigenvalue weighted by Gasteiger charge is -2.35. The predicted molar refractivity (Wildman–Crippen MR) is 132 cm³/mol. The van der Waals surface area contributed by atoms with E-state index in [2.05, 4.69) is 37.6 Å². The van der Waals surface area contributed by atoms with Crippen molar-refractivity contribution < 1.29 is 14.3 Å². The number of amides is 3. The zero-order valence-corrected chi connectivity index (χ0v) is 20.3. The van der Waals surface area contributed by atoms with E-state index < -0.39 is 11.9 Å². The highest BCUT2D eigenvalue weighted by molar-refractivity contribution is 6.13. The smallest absolute Gasteiger partial charge is 0.326 e. The van der Waals surface area contributed by atoms with Crippen molar-refractivity contribution in [2.45, 2.75) is 26.9 Å². The molecule has 1 aromatic carbocycles. The van der Waals surface area contributed by atoms with E-state index >= 15 is 0 Å². The molecule has 1 aliphatic heterocycles. The van der Waals surface area contributed by atoms with E-state index in [9.17, 15) is 9.59 Å². The number of anilines is 2. The van der Waals surface area contributed by atoms with Crippen molar-refractivity contribution in [2.24, 2.45) is 7.05 Å². The summed E-state index contributed by atoms with van der Waals surface area (Å²) in [6, 6.07) is 6.42. The van der Waals surface area contributed by atoms with Crippen molar-refractivity contribution in [2.75, 3.05) is 43.4 Å². The Bertz CT molecular complexity index is 1210. The number of nitrogens with one attached hydrogen (secondary N) is 2. The summed E-state index contributed by atoms with van der Waals surface area (Å²) in [5, 5.41) is 10.5. The van der Waals surface area contributed by atoms with Gasteiger partial charge in [-0.25, -0.2) is 9.78 Å². The van der Waals surface area contributed by atoms with E-state index in [4.69, 9.17) is 4.74 Å². The second kappa shape index (κ2) is 9.68. The van der Waals surface area contributed by atoms with Crippen LogP contribution in [0, 0.1) is 6.92 Å². The van der Waals surface area contributed by atoms with Gasteiger partial charge in [-0.2, -0.15) is 5.10 Å². The van der Waals surface area contributed by atoms with Crippen LogP contribution in [0.3, 0.4) is 0 Å². The normalized spacial score (nSPS) is 14.5. The third kappa shape index (κ3) is 4.96. The van der Waals surface area contributed by atoms with Crippen molar-refractivity contribution in [3.05, 3.63) is 41.7 Å². The van der Waals surface area contributed by atoms with E-state index in [-0.39, 0.29) is 6.10 Å². The van der Waals surface area contributed by atoms with E-state index in [1.165, 1.54) is 6.20 Å². The van der Waals surface area contributed by atoms with Crippen LogP contribution in [-0.4, -0.2) is 70.9 Å². The van der Waals surface area contributed by atoms with Gasteiger partial charge < -0.3 is 19.9 Å². The number of nitrogens with zero attached hydrogens (tertiary/aromatic N) is 5. The van der Waals surface area contributed by atoms with Gasteiger partial charge in [0.15, 0.2) is 5.65 Å². The topological polar surface area (TPSA) is 105 Å². The number of pyridine rings is 1. The maximum absolute atomic E-state index is 13.2. The third-order valence-corrected chi connectivity index (χ3v) is 5.75. The second-order valence-corrected chi connectivity index (χ2v) is 8.82. The maximum atomic E-state index is 13.2. The molecule has 2 aromatic heterocycles. The minimum Gasteiger partial charge on any atom is -0.491 e. The summed E-state index contributed by atoms with van der Waals surface area (Å²) in [5.41, 5.74) is 3.13. The molecule has 0 aliphatic carbocycles. The molecule has 10 nitrogen and oxygen atoms in total. The molecule has 0 atom stereocenters. The Kier molecular flexibility index (Phi) is 6.69. The summed E-state index contributed by atoms with van der Waals surface area (Å²) in [5.74, 6) is 0.122. The molecule has 180 valence electrons. The summed E-state index contributed by atoms with van der Waals surface area (Å²) in [7, 11) is 3.91. The van der Waals surface area contributed by atoms with Crippen molar-refractivity contribution in [1.82, 2.24) is 25.0 Å². The SMILES string of the molecule is Cc1nn(C)c2ncc(C(=O)NC(=O)Nc3cccc(OC(C)C)c3)c(N3CCN(C)CC3)c12. The van der Waals surface area contributed by atoms with E-state index in [1.807, 2.05) is 33.9 Å². The summed E-state index contributed by atoms with van der Waals surface area (Å²) >= 11 is 0. The Balaban J connectivity index is 1.59. The fourth-order valence-corrected chi connectivity index (χ4v) is 4.17. The van der Waals surface area contributed by atoms with Crippen LogP contribution in [0.2, 0.25) is 0 Å². The highest BCUT2D eigenvalue weighted by Gasteiger charge is 2.26. The Hall–Kier alpha value is -3.66. The molecule has 2 N–H and O–H groups in total. The molecule has 1 fully saturated rings. The summed E-state index contributed by atoms with van der Waals surface area (Å²) in [4.78, 5) is 34.8. The lowest BCUT2D eigenvalue weighted by molar-refractivity contribution is 0.0967. The average molecular weight is 466 g/mol. The number of carbonyl (C=O) groups excluding carboxylic acids is 2. The average Bonchev–Trinajstić information content (AvgIpc) is 3.07. The lowest BCUT2D eigenvalue weighted by atomic mass is 10.1. The first-order valence-corrected chi connectivity index (χ1v) is 11.4. The fraction of sp³-hybridized carbons (Fsp3) is 0.417. The van der Waals surface area contributed by atoms with Gasteiger partial charge in [-0.1, -0.05) is 6.07 Å². The maximum Gasteiger partial charge on any atom is 0.326 e. The molecule has 10 heteroatoms. The minimum absolute atomic E-state index is 0.0111. The number of fused-ring (bicyclic) bond motifs is 1. The minimum atomic E-state index is -0.626. The number of carbonyl (C=O) groups is 2. The van der Waals surface area contributed by atoms with Crippen molar-refractivity contribution >= 4 is 34.3 Å². The number of piperazine rings is 1. The first-order chi connectivity index (χ1) is 16.2. The van der Waals surface area contributed by atoms with Crippen molar-refractivity contribution in [3.8, 4) is 5.75 Å². The van der Waals surface area contributed by atoms with Crippen LogP contribution < -0.4 is 20.3 Å². The van der Waals surface area contributed by atoms with Gasteiger partial charge in [-0.3, -0.25) is 14.8 Å². The Morgan fingerprint density at radius 1 is 1.12 bits per heavy atom. The molecule has 0 bridgehead atoms. The summed E-state index contributed by atoms with van der Waals surface area (Å²) in [6.45, 7) is 9.04. The van der Waals surface area contributed by atoms with Gasteiger partial charge in [0, 0.05) is 51.2 Å². The number of rotatable bonds is 5. The third-order valence-electron chi connectivity index (χ3n) is 5.75. The number of likely N-dealkylation sites (N-methyl/N-ethyl adjacent to an activating group) is 1. The van der Waals surface area contributed by atoms with Crippen LogP contribution >= 0.6 is 0 Å². The van der Waals surface area contributed by atoms with E-state index in [1.54, 1.807) is 22.9 Å². The molecular weight excluding hydrogens is 434 g/mol. The highest BCUT2D eigenvalue weighted by Crippen LogP contribution is 2.32. The van der Waals surface area contributed by atoms with E-state index in [0.29, 0.717) is 22.6 Å². The van der Waals surface area contributed by atoms with Crippen LogP contribution in [0.1, 0.15) is 29.9 Å². The summed E-state index contributed by atoms with van der Waals surface area (Å²) in [6.07, 6.45) is 1.54. The highest BCUT2D eigenvalue weighted by atomic mass is 16.5. The Morgan fingerprint density at radius 3 is 2.56 bits per heavy atom. The van der Waals surface area contributed by atoms with Crippen LogP contribution in [0.15, 0.2) is 30.5 Å². The Labute approximate surface area is 198 Å². The number of benzene rings is 1. The molecule has 0 radical (unpaired) electrons. The number of urea groups is 1. The molecule has 4 rings (SSSR count). The van der Waals surface area contributed by atoms with Crippen LogP contribution in [-0.2, 0) is 7.05 Å². The number of aromatic nitrogens is 3. The Morgan fingerprint density at radius 2 is 1.85 bits per heavy atom. The van der Waals surface area contributed by atoms with Gasteiger partial charge in [0.05, 0.1) is 28.4 Å². The van der Waals surface area contributed by atoms with Crippen LogP contribution in [0.25, 0.3) is 11.0 Å². The van der Waals surface area contributed by atoms with Gasteiger partial charge >= 0.3 is 6.03 Å². The molecule has 3 amide bonds. The zero-order chi connectivity index (χ0) is 24.4. The van der Waals surface area contributed by atoms with Crippen molar-refractivity contribution in [1.29, 1.82) is 0 Å². The molecule has 0 unspecified atom stereocenters. The molecule has 3 aromatic rings. The van der Waals surface area contributed by atoms with Crippen molar-refractivity contribution in [3.63, 3.8) is 0 Å². The molecular formula is C24H31N7O3. The number of aryl methyl sites for hydroxylation is 2. The van der Waals surface area contributed by atoms with Gasteiger partial charge in [0.2, 0.25) is 0 Å². The van der Waals surface area contributed by atoms with Crippen LogP contribution in [0.5, 0.6) is 5.75 Å². The van der Waals surface area contributed by atoms with Gasteiger partial charge in [0.1, 0.15) is 5.75 Å². The summed E-state index contributed by atoms with van der Waals surface area (Å²) < 4.78 is 7.38.